The number of halogens is 1. The van der Waals surface area contributed by atoms with E-state index in [1.54, 1.807) is 0 Å². The molecule has 1 amide bonds. The van der Waals surface area contributed by atoms with Gasteiger partial charge in [-0.25, -0.2) is 0 Å². The molecule has 4 saturated carbocycles. The third-order valence-electron chi connectivity index (χ3n) is 6.45. The number of alkyl halides is 1. The highest BCUT2D eigenvalue weighted by Gasteiger charge is 2.60. The molecule has 0 heterocycles. The second-order valence-electron chi connectivity index (χ2n) is 8.31. The second kappa shape index (κ2) is 5.24. The van der Waals surface area contributed by atoms with Crippen LogP contribution in [0.25, 0.3) is 0 Å². The summed E-state index contributed by atoms with van der Waals surface area (Å²) in [4.78, 5) is 13.1. The summed E-state index contributed by atoms with van der Waals surface area (Å²) < 4.78 is 0. The van der Waals surface area contributed by atoms with Crippen LogP contribution in [0.4, 0.5) is 5.69 Å². The average Bonchev–Trinajstić information content (AvgIpc) is 2.46. The topological polar surface area (TPSA) is 29.1 Å². The molecule has 4 bridgehead atoms. The first-order chi connectivity index (χ1) is 10.9. The molecule has 0 aliphatic heterocycles. The van der Waals surface area contributed by atoms with Gasteiger partial charge in [0.2, 0.25) is 5.91 Å². The number of benzene rings is 1. The molecule has 4 aliphatic rings. The van der Waals surface area contributed by atoms with Crippen LogP contribution in [0.1, 0.15) is 56.6 Å². The number of carbonyl (C=O) groups is 1. The summed E-state index contributed by atoms with van der Waals surface area (Å²) in [6.45, 7) is 4.22. The van der Waals surface area contributed by atoms with E-state index in [2.05, 4.69) is 37.4 Å². The van der Waals surface area contributed by atoms with Gasteiger partial charge in [-0.3, -0.25) is 4.79 Å². The minimum Gasteiger partial charge on any atom is -0.325 e. The molecule has 1 N–H and O–H groups in total. The van der Waals surface area contributed by atoms with Gasteiger partial charge in [0.25, 0.3) is 0 Å². The van der Waals surface area contributed by atoms with Crippen LogP contribution in [0, 0.1) is 24.2 Å². The highest BCUT2D eigenvalue weighted by molar-refractivity contribution is 6.24. The van der Waals surface area contributed by atoms with Crippen LogP contribution in [-0.2, 0) is 11.2 Å². The molecule has 4 aliphatic carbocycles. The van der Waals surface area contributed by atoms with Crippen molar-refractivity contribution in [1.82, 2.24) is 0 Å². The van der Waals surface area contributed by atoms with Crippen LogP contribution >= 0.6 is 11.6 Å². The predicted molar refractivity (Wildman–Crippen MR) is 94.9 cm³/mol. The van der Waals surface area contributed by atoms with Gasteiger partial charge < -0.3 is 5.32 Å². The molecule has 2 nitrogen and oxygen atoms in total. The number of para-hydroxylation sites is 1. The second-order valence-corrected chi connectivity index (χ2v) is 9.11. The smallest absolute Gasteiger partial charge is 0.230 e. The monoisotopic (exact) mass is 331 g/mol. The molecule has 3 heteroatoms. The summed E-state index contributed by atoms with van der Waals surface area (Å²) in [6, 6.07) is 6.27. The maximum atomic E-state index is 13.3. The standard InChI is InChI=1S/C20H26ClNO/c1-3-16-6-4-5-13(2)17(16)22-18(23)19-8-14-7-15(9-19)11-20(21,10-14)12-19/h4-6,14-15H,3,7-12H2,1-2H3,(H,22,23)/t14-,15-,19?,20?/m0/s1. The highest BCUT2D eigenvalue weighted by Crippen LogP contribution is 2.64. The van der Waals surface area contributed by atoms with Crippen LogP contribution in [0.3, 0.4) is 0 Å². The normalized spacial score (nSPS) is 37.9. The fraction of sp³-hybridized carbons (Fsp3) is 0.650. The van der Waals surface area contributed by atoms with Gasteiger partial charge in [-0.2, -0.15) is 0 Å². The molecular formula is C20H26ClNO. The van der Waals surface area contributed by atoms with E-state index in [1.807, 2.05) is 0 Å². The number of rotatable bonds is 3. The average molecular weight is 332 g/mol. The highest BCUT2D eigenvalue weighted by atomic mass is 35.5. The number of nitrogens with one attached hydrogen (secondary N) is 1. The van der Waals surface area contributed by atoms with E-state index in [9.17, 15) is 4.79 Å². The van der Waals surface area contributed by atoms with Crippen molar-refractivity contribution in [1.29, 1.82) is 0 Å². The number of hydrogen-bond acceptors (Lipinski definition) is 1. The van der Waals surface area contributed by atoms with Gasteiger partial charge in [-0.1, -0.05) is 25.1 Å². The number of carbonyl (C=O) groups excluding carboxylic acids is 1. The Morgan fingerprint density at radius 1 is 1.26 bits per heavy atom. The van der Waals surface area contributed by atoms with Gasteiger partial charge in [0.1, 0.15) is 0 Å². The Labute approximate surface area is 144 Å². The summed E-state index contributed by atoms with van der Waals surface area (Å²) in [5.41, 5.74) is 3.19. The minimum atomic E-state index is -0.223. The van der Waals surface area contributed by atoms with Crippen LogP contribution in [0.5, 0.6) is 0 Å². The number of anilines is 1. The first-order valence-electron chi connectivity index (χ1n) is 9.02. The lowest BCUT2D eigenvalue weighted by molar-refractivity contribution is -0.138. The Balaban J connectivity index is 1.63. The van der Waals surface area contributed by atoms with Gasteiger partial charge in [-0.05, 0) is 74.8 Å². The summed E-state index contributed by atoms with van der Waals surface area (Å²) >= 11 is 6.88. The molecule has 1 aromatic rings. The van der Waals surface area contributed by atoms with E-state index in [0.717, 1.165) is 49.8 Å². The van der Waals surface area contributed by atoms with Crippen molar-refractivity contribution in [3.8, 4) is 0 Å². The fourth-order valence-electron chi connectivity index (χ4n) is 5.86. The zero-order valence-corrected chi connectivity index (χ0v) is 14.9. The molecule has 2 atom stereocenters. The lowest BCUT2D eigenvalue weighted by atomic mass is 9.49. The molecule has 124 valence electrons. The first kappa shape index (κ1) is 15.5. The Morgan fingerprint density at radius 3 is 2.57 bits per heavy atom. The molecule has 0 saturated heterocycles. The Bertz CT molecular complexity index is 639. The minimum absolute atomic E-state index is 0.110. The summed E-state index contributed by atoms with van der Waals surface area (Å²) in [6.07, 6.45) is 7.40. The lowest BCUT2D eigenvalue weighted by Crippen LogP contribution is -2.57. The maximum absolute atomic E-state index is 13.3. The van der Waals surface area contributed by atoms with Crippen molar-refractivity contribution < 1.29 is 4.79 Å². The number of amides is 1. The Morgan fingerprint density at radius 2 is 1.96 bits per heavy atom. The fourth-order valence-corrected chi connectivity index (χ4v) is 6.56. The largest absolute Gasteiger partial charge is 0.325 e. The third kappa shape index (κ3) is 2.50. The van der Waals surface area contributed by atoms with Gasteiger partial charge >= 0.3 is 0 Å². The van der Waals surface area contributed by atoms with E-state index in [-0.39, 0.29) is 16.2 Å². The van der Waals surface area contributed by atoms with Gasteiger partial charge in [0.15, 0.2) is 0 Å². The van der Waals surface area contributed by atoms with Crippen molar-refractivity contribution in [3.63, 3.8) is 0 Å². The molecule has 0 spiro atoms. The molecule has 0 unspecified atom stereocenters. The van der Waals surface area contributed by atoms with E-state index in [0.29, 0.717) is 11.8 Å². The third-order valence-corrected chi connectivity index (χ3v) is 6.89. The van der Waals surface area contributed by atoms with Crippen LogP contribution in [0.15, 0.2) is 18.2 Å². The molecule has 23 heavy (non-hydrogen) atoms. The van der Waals surface area contributed by atoms with Crippen molar-refractivity contribution in [2.75, 3.05) is 5.32 Å². The van der Waals surface area contributed by atoms with Crippen molar-refractivity contribution in [2.45, 2.75) is 63.7 Å². The predicted octanol–water partition coefficient (Wildman–Crippen LogP) is 5.07. The van der Waals surface area contributed by atoms with Crippen LogP contribution in [0.2, 0.25) is 0 Å². The molecule has 1 aromatic carbocycles. The van der Waals surface area contributed by atoms with E-state index >= 15 is 0 Å². The van der Waals surface area contributed by atoms with Gasteiger partial charge in [0, 0.05) is 10.6 Å². The SMILES string of the molecule is CCc1cccc(C)c1NC(=O)C12C[C@@H]3C[C@H](CC(Cl)(C3)C1)C2. The van der Waals surface area contributed by atoms with Gasteiger partial charge in [-0.15, -0.1) is 11.6 Å². The molecule has 0 radical (unpaired) electrons. The van der Waals surface area contributed by atoms with E-state index < -0.39 is 0 Å². The maximum Gasteiger partial charge on any atom is 0.230 e. The van der Waals surface area contributed by atoms with E-state index in [1.165, 1.54) is 12.0 Å². The molecule has 4 fully saturated rings. The van der Waals surface area contributed by atoms with Crippen LogP contribution in [-0.4, -0.2) is 10.8 Å². The van der Waals surface area contributed by atoms with E-state index in [4.69, 9.17) is 11.6 Å². The summed E-state index contributed by atoms with van der Waals surface area (Å²) in [7, 11) is 0. The zero-order valence-electron chi connectivity index (χ0n) is 14.1. The van der Waals surface area contributed by atoms with Crippen molar-refractivity contribution >= 4 is 23.2 Å². The number of aryl methyl sites for hydroxylation is 2. The lowest BCUT2D eigenvalue weighted by Gasteiger charge is -2.59. The Kier molecular flexibility index (Phi) is 3.53. The van der Waals surface area contributed by atoms with Crippen LogP contribution < -0.4 is 5.32 Å². The quantitative estimate of drug-likeness (QED) is 0.769. The molecule has 5 rings (SSSR count). The number of hydrogen-bond donors (Lipinski definition) is 1. The zero-order chi connectivity index (χ0) is 16.2. The molecular weight excluding hydrogens is 306 g/mol. The first-order valence-corrected chi connectivity index (χ1v) is 9.40. The Hall–Kier alpha value is -1.02. The van der Waals surface area contributed by atoms with Gasteiger partial charge in [0.05, 0.1) is 5.41 Å². The van der Waals surface area contributed by atoms with Crippen molar-refractivity contribution in [2.24, 2.45) is 17.3 Å². The summed E-state index contributed by atoms with van der Waals surface area (Å²) in [5, 5.41) is 3.31. The molecule has 0 aromatic heterocycles. The summed E-state index contributed by atoms with van der Waals surface area (Å²) in [5.74, 6) is 1.53. The van der Waals surface area contributed by atoms with Crippen molar-refractivity contribution in [3.05, 3.63) is 29.3 Å².